The van der Waals surface area contributed by atoms with E-state index in [1.807, 2.05) is 63.2 Å². The number of carbonyl (C=O) groups excluding carboxylic acids is 1. The van der Waals surface area contributed by atoms with Crippen LogP contribution in [0.4, 0.5) is 5.82 Å². The molecule has 1 aliphatic rings. The Morgan fingerprint density at radius 3 is 2.87 bits per heavy atom. The number of carbonyl (C=O) groups is 1. The molecule has 4 aromatic rings. The van der Waals surface area contributed by atoms with Gasteiger partial charge in [0.05, 0.1) is 34.6 Å². The van der Waals surface area contributed by atoms with E-state index >= 15 is 0 Å². The molecule has 0 spiro atoms. The molecule has 0 unspecified atom stereocenters. The van der Waals surface area contributed by atoms with Gasteiger partial charge in [-0.3, -0.25) is 4.79 Å². The lowest BCUT2D eigenvalue weighted by Gasteiger charge is -2.10. The number of allylic oxidation sites excluding steroid dienone is 1. The first-order valence-electron chi connectivity index (χ1n) is 10.2. The number of nitrogens with one attached hydrogen (secondary N) is 1. The van der Waals surface area contributed by atoms with Gasteiger partial charge in [0, 0.05) is 12.0 Å². The van der Waals surface area contributed by atoms with Crippen molar-refractivity contribution >= 4 is 28.7 Å². The van der Waals surface area contributed by atoms with Crippen molar-refractivity contribution in [3.63, 3.8) is 0 Å². The predicted octanol–water partition coefficient (Wildman–Crippen LogP) is 4.25. The molecule has 0 saturated carbocycles. The maximum atomic E-state index is 13.2. The van der Waals surface area contributed by atoms with Crippen LogP contribution in [0.5, 0.6) is 5.75 Å². The van der Waals surface area contributed by atoms with E-state index in [0.29, 0.717) is 23.4 Å². The van der Waals surface area contributed by atoms with Gasteiger partial charge in [-0.2, -0.15) is 5.10 Å². The van der Waals surface area contributed by atoms with E-state index in [0.717, 1.165) is 39.4 Å². The molecule has 2 aromatic carbocycles. The second-order valence-corrected chi connectivity index (χ2v) is 8.08. The number of nitrogens with zero attached hydrogens (tertiary/aromatic N) is 3. The molecule has 1 aliphatic carbocycles. The molecule has 31 heavy (non-hydrogen) atoms. The van der Waals surface area contributed by atoms with Crippen LogP contribution in [0.2, 0.25) is 0 Å². The normalized spacial score (nSPS) is 13.0. The molecule has 0 atom stereocenters. The highest BCUT2D eigenvalue weighted by atomic mass is 16.5. The number of Topliss-reactive ketones (excluding diaryl/α,β-unsaturated/α-hetero) is 1. The Morgan fingerprint density at radius 2 is 2.06 bits per heavy atom. The van der Waals surface area contributed by atoms with Gasteiger partial charge in [0.25, 0.3) is 0 Å². The van der Waals surface area contributed by atoms with E-state index in [2.05, 4.69) is 15.1 Å². The smallest absolute Gasteiger partial charge is 0.194 e. The number of hydrogen-bond donors (Lipinski definition) is 2. The summed E-state index contributed by atoms with van der Waals surface area (Å²) in [6, 6.07) is 11.6. The lowest BCUT2D eigenvalue weighted by Crippen LogP contribution is -2.08. The van der Waals surface area contributed by atoms with Crippen LogP contribution in [-0.2, 0) is 6.42 Å². The second-order valence-electron chi connectivity index (χ2n) is 8.08. The number of fused-ring (bicyclic) bond motifs is 2. The van der Waals surface area contributed by atoms with Gasteiger partial charge >= 0.3 is 0 Å². The van der Waals surface area contributed by atoms with Crippen molar-refractivity contribution in [1.82, 2.24) is 19.7 Å². The summed E-state index contributed by atoms with van der Waals surface area (Å²) < 4.78 is 7.36. The monoisotopic (exact) mass is 413 g/mol. The topological polar surface area (TPSA) is 98.8 Å². The van der Waals surface area contributed by atoms with Crippen LogP contribution in [0.3, 0.4) is 0 Å². The minimum atomic E-state index is -0.107. The minimum Gasteiger partial charge on any atom is -0.491 e. The summed E-state index contributed by atoms with van der Waals surface area (Å²) in [6.45, 7) is 5.89. The SMILES string of the molecule is Cc1nc2ccc(-n3ncc(C(=O)C4=Cc5ccc(OC(C)C)cc5C4)c3N)cc2[nH]1. The molecular formula is C24H23N5O2. The molecule has 7 nitrogen and oxygen atoms in total. The quantitative estimate of drug-likeness (QED) is 0.477. The maximum absolute atomic E-state index is 13.2. The number of aromatic amines is 1. The van der Waals surface area contributed by atoms with Crippen LogP contribution < -0.4 is 10.5 Å². The Bertz CT molecular complexity index is 1360. The molecule has 0 aliphatic heterocycles. The lowest BCUT2D eigenvalue weighted by molar-refractivity contribution is 0.103. The fraction of sp³-hybridized carbons (Fsp3) is 0.208. The fourth-order valence-electron chi connectivity index (χ4n) is 3.98. The zero-order chi connectivity index (χ0) is 21.7. The first kappa shape index (κ1) is 19.1. The highest BCUT2D eigenvalue weighted by molar-refractivity contribution is 6.15. The van der Waals surface area contributed by atoms with Crippen LogP contribution >= 0.6 is 0 Å². The third-order valence-corrected chi connectivity index (χ3v) is 5.37. The Labute approximate surface area is 179 Å². The predicted molar refractivity (Wildman–Crippen MR) is 121 cm³/mol. The average Bonchev–Trinajstić information content (AvgIpc) is 3.41. The van der Waals surface area contributed by atoms with Crippen LogP contribution in [0.25, 0.3) is 22.8 Å². The summed E-state index contributed by atoms with van der Waals surface area (Å²) >= 11 is 0. The van der Waals surface area contributed by atoms with Gasteiger partial charge in [-0.15, -0.1) is 0 Å². The number of rotatable bonds is 5. The van der Waals surface area contributed by atoms with Gasteiger partial charge in [0.15, 0.2) is 5.78 Å². The molecule has 0 amide bonds. The molecule has 5 rings (SSSR count). The Morgan fingerprint density at radius 1 is 1.23 bits per heavy atom. The van der Waals surface area contributed by atoms with Crippen LogP contribution in [0, 0.1) is 6.92 Å². The number of nitrogen functional groups attached to an aromatic ring is 1. The van der Waals surface area contributed by atoms with Crippen LogP contribution in [0.15, 0.2) is 48.2 Å². The number of imidazole rings is 1. The summed E-state index contributed by atoms with van der Waals surface area (Å²) in [7, 11) is 0. The number of benzene rings is 2. The minimum absolute atomic E-state index is 0.101. The molecule has 3 N–H and O–H groups in total. The second kappa shape index (κ2) is 7.12. The third kappa shape index (κ3) is 3.38. The maximum Gasteiger partial charge on any atom is 0.194 e. The Kier molecular flexibility index (Phi) is 4.39. The van der Waals surface area contributed by atoms with Crippen molar-refractivity contribution in [3.8, 4) is 11.4 Å². The van der Waals surface area contributed by atoms with Crippen molar-refractivity contribution in [2.45, 2.75) is 33.3 Å². The molecule has 0 fully saturated rings. The lowest BCUT2D eigenvalue weighted by atomic mass is 10.0. The number of H-pyrrole nitrogens is 1. The van der Waals surface area contributed by atoms with E-state index < -0.39 is 0 Å². The first-order chi connectivity index (χ1) is 14.9. The van der Waals surface area contributed by atoms with E-state index in [1.165, 1.54) is 6.20 Å². The molecule has 2 heterocycles. The number of nitrogens with two attached hydrogens (primary N) is 1. The molecule has 0 saturated heterocycles. The van der Waals surface area contributed by atoms with E-state index in [9.17, 15) is 4.79 Å². The molecule has 156 valence electrons. The molecule has 2 aromatic heterocycles. The molecule has 7 heteroatoms. The number of anilines is 1. The number of ketones is 1. The van der Waals surface area contributed by atoms with Crippen molar-refractivity contribution < 1.29 is 9.53 Å². The average molecular weight is 413 g/mol. The fourth-order valence-corrected chi connectivity index (χ4v) is 3.98. The Hall–Kier alpha value is -3.87. The zero-order valence-electron chi connectivity index (χ0n) is 17.6. The standard InChI is InChI=1S/C24H23N5O2/c1-13(2)31-19-6-4-15-8-17(9-16(15)10-19)23(30)20-12-26-29(24(20)25)18-5-7-21-22(11-18)28-14(3)27-21/h4-8,10-13H,9,25H2,1-3H3,(H,27,28). The van der Waals surface area contributed by atoms with Gasteiger partial charge in [0.1, 0.15) is 17.4 Å². The number of aryl methyl sites for hydroxylation is 1. The van der Waals surface area contributed by atoms with Gasteiger partial charge in [-0.05, 0) is 68.3 Å². The summed E-state index contributed by atoms with van der Waals surface area (Å²) in [6.07, 6.45) is 4.11. The Balaban J connectivity index is 1.42. The van der Waals surface area contributed by atoms with E-state index in [-0.39, 0.29) is 11.9 Å². The molecule has 0 radical (unpaired) electrons. The van der Waals surface area contributed by atoms with Gasteiger partial charge in [-0.25, -0.2) is 9.67 Å². The van der Waals surface area contributed by atoms with Crippen LogP contribution in [0.1, 0.15) is 41.2 Å². The highest BCUT2D eigenvalue weighted by Crippen LogP contribution is 2.32. The largest absolute Gasteiger partial charge is 0.491 e. The van der Waals surface area contributed by atoms with E-state index in [1.54, 1.807) is 4.68 Å². The highest BCUT2D eigenvalue weighted by Gasteiger charge is 2.24. The molecular weight excluding hydrogens is 390 g/mol. The van der Waals surface area contributed by atoms with Gasteiger partial charge < -0.3 is 15.5 Å². The summed E-state index contributed by atoms with van der Waals surface area (Å²) in [5.41, 5.74) is 12.1. The zero-order valence-corrected chi connectivity index (χ0v) is 17.6. The number of ether oxygens (including phenoxy) is 1. The molecule has 0 bridgehead atoms. The van der Waals surface area contributed by atoms with Crippen molar-refractivity contribution in [3.05, 3.63) is 70.7 Å². The first-order valence-corrected chi connectivity index (χ1v) is 10.2. The van der Waals surface area contributed by atoms with E-state index in [4.69, 9.17) is 10.5 Å². The summed E-state index contributed by atoms with van der Waals surface area (Å²) in [5, 5.41) is 4.38. The van der Waals surface area contributed by atoms with Gasteiger partial charge in [-0.1, -0.05) is 6.07 Å². The van der Waals surface area contributed by atoms with Crippen molar-refractivity contribution in [2.24, 2.45) is 0 Å². The number of aromatic nitrogens is 4. The summed E-state index contributed by atoms with van der Waals surface area (Å²) in [5.74, 6) is 1.87. The van der Waals surface area contributed by atoms with Crippen LogP contribution in [-0.4, -0.2) is 31.6 Å². The van der Waals surface area contributed by atoms with Crippen molar-refractivity contribution in [1.29, 1.82) is 0 Å². The number of hydrogen-bond acceptors (Lipinski definition) is 5. The van der Waals surface area contributed by atoms with Gasteiger partial charge in [0.2, 0.25) is 0 Å². The third-order valence-electron chi connectivity index (χ3n) is 5.37. The summed E-state index contributed by atoms with van der Waals surface area (Å²) in [4.78, 5) is 20.8. The van der Waals surface area contributed by atoms with Crippen molar-refractivity contribution in [2.75, 3.05) is 5.73 Å².